The van der Waals surface area contributed by atoms with Gasteiger partial charge in [0.2, 0.25) is 20.0 Å². The van der Waals surface area contributed by atoms with E-state index in [4.69, 9.17) is 74.8 Å². The Hall–Kier alpha value is -4.24. The lowest BCUT2D eigenvalue weighted by Crippen LogP contribution is -2.54. The van der Waals surface area contributed by atoms with Gasteiger partial charge in [0.05, 0.1) is 74.7 Å². The summed E-state index contributed by atoms with van der Waals surface area (Å²) in [5.74, 6) is 2.53. The predicted octanol–water partition coefficient (Wildman–Crippen LogP) is 8.84. The van der Waals surface area contributed by atoms with Crippen molar-refractivity contribution in [2.75, 3.05) is 105 Å². The number of fused-ring (bicyclic) bond motifs is 8. The average molecular weight is 1340 g/mol. The molecule has 4 saturated heterocycles. The number of rotatable bonds is 33. The SMILES string of the molecule is O=C(NCCCCNC(=O)NCCOCCOCCNS(=O)(=O)c1ccc(O[C@H]2c3cc(Cl)cc(Cl)c3C[C@@H]2N2CC3CCC2CC3)cc1)NCCOCCOCCNS(=O)(=O)c1ccc(O[C@H]2c3cc(Cl)cc(Cl)c3C[C@@H]2N2CC3CCC2CC3)cc1. The number of amides is 4. The van der Waals surface area contributed by atoms with E-state index in [9.17, 15) is 26.4 Å². The first-order chi connectivity index (χ1) is 42.6. The van der Waals surface area contributed by atoms with E-state index in [-0.39, 0.29) is 125 Å². The highest BCUT2D eigenvalue weighted by Crippen LogP contribution is 2.49. The van der Waals surface area contributed by atoms with Crippen LogP contribution in [0.4, 0.5) is 9.59 Å². The molecule has 0 radical (unpaired) electrons. The molecule has 2 saturated carbocycles. The van der Waals surface area contributed by atoms with Crippen LogP contribution in [-0.4, -0.2) is 168 Å². The van der Waals surface area contributed by atoms with Crippen molar-refractivity contribution in [1.29, 1.82) is 0 Å². The molecule has 12 rings (SSSR count). The minimum Gasteiger partial charge on any atom is -0.484 e. The van der Waals surface area contributed by atoms with Crippen molar-refractivity contribution in [3.05, 3.63) is 115 Å². The van der Waals surface area contributed by atoms with Crippen LogP contribution < -0.4 is 40.2 Å². The van der Waals surface area contributed by atoms with Gasteiger partial charge in [-0.2, -0.15) is 0 Å². The molecule has 4 bridgehead atoms. The average Bonchev–Trinajstić information content (AvgIpc) is 1.64. The first kappa shape index (κ1) is 66.7. The molecule has 26 heteroatoms. The highest BCUT2D eigenvalue weighted by Gasteiger charge is 2.47. The van der Waals surface area contributed by atoms with Gasteiger partial charge in [0.25, 0.3) is 0 Å². The van der Waals surface area contributed by atoms with Crippen LogP contribution >= 0.6 is 46.4 Å². The second kappa shape index (κ2) is 31.9. The minimum atomic E-state index is -3.80. The molecule has 4 aromatic carbocycles. The summed E-state index contributed by atoms with van der Waals surface area (Å²) in [4.78, 5) is 29.8. The fraction of sp³-hybridized carbons (Fsp3) is 0.581. The van der Waals surface area contributed by atoms with Crippen molar-refractivity contribution in [1.82, 2.24) is 40.5 Å². The lowest BCUT2D eigenvalue weighted by Gasteiger charge is -2.49. The van der Waals surface area contributed by atoms with E-state index >= 15 is 0 Å². The van der Waals surface area contributed by atoms with Crippen LogP contribution in [-0.2, 0) is 51.8 Å². The highest BCUT2D eigenvalue weighted by molar-refractivity contribution is 7.89. The summed E-state index contributed by atoms with van der Waals surface area (Å²) in [6, 6.07) is 21.0. The van der Waals surface area contributed by atoms with E-state index in [1.165, 1.54) is 51.4 Å². The Morgan fingerprint density at radius 3 is 1.16 bits per heavy atom. The Bertz CT molecular complexity index is 2990. The van der Waals surface area contributed by atoms with Crippen molar-refractivity contribution >= 4 is 78.5 Å². The Labute approximate surface area is 537 Å². The first-order valence-corrected chi connectivity index (χ1v) is 35.4. The second-order valence-corrected chi connectivity index (χ2v) is 28.8. The van der Waals surface area contributed by atoms with E-state index in [0.29, 0.717) is 81.4 Å². The van der Waals surface area contributed by atoms with E-state index in [2.05, 4.69) is 40.5 Å². The monoisotopic (exact) mass is 1330 g/mol. The van der Waals surface area contributed by atoms with Crippen LogP contribution in [0.15, 0.2) is 82.6 Å². The molecule has 6 fully saturated rings. The topological polar surface area (TPSA) is 236 Å². The third-order valence-electron chi connectivity index (χ3n) is 17.7. The van der Waals surface area contributed by atoms with Crippen LogP contribution in [0.2, 0.25) is 20.1 Å². The molecule has 4 aromatic rings. The zero-order valence-corrected chi connectivity index (χ0v) is 54.1. The molecule has 0 aromatic heterocycles. The summed E-state index contributed by atoms with van der Waals surface area (Å²) >= 11 is 26.3. The number of sulfonamides is 2. The summed E-state index contributed by atoms with van der Waals surface area (Å²) in [6.07, 6.45) is 12.2. The number of nitrogens with one attached hydrogen (secondary N) is 6. The fourth-order valence-corrected chi connectivity index (χ4v) is 16.6. The summed E-state index contributed by atoms with van der Waals surface area (Å²) in [5.41, 5.74) is 4.09. The standard InChI is InChI=1S/C62H82Cl4N8O12S2/c63-43-33-53-51(55(65)35-43)37-57(73-39-41-3-7-45(73)8-4-41)59(53)85-47-11-15-49(16-12-47)87(77,78)71-23-27-83-31-29-81-25-21-69-61(75)67-19-1-2-20-68-62(76)70-22-26-82-30-32-84-28-24-72-88(79,80)50-17-13-48(14-18-50)86-60-54-34-44(64)36-56(66)52(54)38-58(60)74-40-42-5-9-46(74)10-6-42/h11-18,33-36,41-42,45-46,57-60,71-72H,1-10,19-32,37-40H2,(H2,67,69,75)(H2,68,70,76)/t41?,42?,45?,46?,57-,58-,59-,60-/m0/s1. The zero-order chi connectivity index (χ0) is 61.6. The minimum absolute atomic E-state index is 0.0720. The first-order valence-electron chi connectivity index (χ1n) is 30.9. The normalized spacial score (nSPS) is 23.2. The van der Waals surface area contributed by atoms with Crippen LogP contribution in [0, 0.1) is 11.8 Å². The maximum absolute atomic E-state index is 13.1. The van der Waals surface area contributed by atoms with E-state index in [0.717, 1.165) is 48.2 Å². The van der Waals surface area contributed by atoms with Crippen molar-refractivity contribution < 1.29 is 54.8 Å². The molecule has 6 N–H and O–H groups in total. The molecule has 482 valence electrons. The Balaban J connectivity index is 0.498. The maximum atomic E-state index is 13.1. The van der Waals surface area contributed by atoms with Crippen molar-refractivity contribution in [3.8, 4) is 11.5 Å². The van der Waals surface area contributed by atoms with Gasteiger partial charge in [0, 0.05) is 95.7 Å². The molecule has 88 heavy (non-hydrogen) atoms. The van der Waals surface area contributed by atoms with Gasteiger partial charge < -0.3 is 49.7 Å². The lowest BCUT2D eigenvalue weighted by atomic mass is 9.79. The third kappa shape index (κ3) is 17.9. The quantitative estimate of drug-likeness (QED) is 0.0245. The molecule has 8 aliphatic rings. The third-order valence-corrected chi connectivity index (χ3v) is 21.8. The number of piperidine rings is 4. The summed E-state index contributed by atoms with van der Waals surface area (Å²) in [5, 5.41) is 13.4. The van der Waals surface area contributed by atoms with Gasteiger partial charge in [-0.1, -0.05) is 46.4 Å². The maximum Gasteiger partial charge on any atom is 0.314 e. The van der Waals surface area contributed by atoms with Crippen LogP contribution in [0.5, 0.6) is 11.5 Å². The molecule has 4 aliphatic carbocycles. The largest absolute Gasteiger partial charge is 0.484 e. The Morgan fingerprint density at radius 1 is 0.455 bits per heavy atom. The van der Waals surface area contributed by atoms with Gasteiger partial charge in [-0.05, 0) is 173 Å². The fourth-order valence-electron chi connectivity index (χ4n) is 13.4. The summed E-state index contributed by atoms with van der Waals surface area (Å²) in [6.45, 7) is 5.50. The number of hydrogen-bond donors (Lipinski definition) is 6. The van der Waals surface area contributed by atoms with Gasteiger partial charge in [-0.15, -0.1) is 0 Å². The summed E-state index contributed by atoms with van der Waals surface area (Å²) in [7, 11) is -7.60. The van der Waals surface area contributed by atoms with Crippen molar-refractivity contribution in [2.45, 2.75) is 123 Å². The van der Waals surface area contributed by atoms with E-state index in [1.807, 2.05) is 12.1 Å². The van der Waals surface area contributed by atoms with Gasteiger partial charge in [-0.3, -0.25) is 9.80 Å². The highest BCUT2D eigenvalue weighted by atomic mass is 35.5. The number of urea groups is 2. The number of benzene rings is 4. The number of unbranched alkanes of at least 4 members (excludes halogenated alkanes) is 1. The van der Waals surface area contributed by atoms with E-state index in [1.54, 1.807) is 60.7 Å². The predicted molar refractivity (Wildman–Crippen MR) is 338 cm³/mol. The molecule has 20 nitrogen and oxygen atoms in total. The van der Waals surface area contributed by atoms with Crippen molar-refractivity contribution in [2.24, 2.45) is 11.8 Å². The molecule has 4 aliphatic heterocycles. The van der Waals surface area contributed by atoms with Crippen molar-refractivity contribution in [3.63, 3.8) is 0 Å². The van der Waals surface area contributed by atoms with Gasteiger partial charge in [-0.25, -0.2) is 35.9 Å². The number of ether oxygens (including phenoxy) is 6. The molecular weight excluding hydrogens is 1250 g/mol. The molecule has 4 amide bonds. The number of hydrogen-bond acceptors (Lipinski definition) is 14. The molecule has 4 atom stereocenters. The van der Waals surface area contributed by atoms with Gasteiger partial charge in [0.1, 0.15) is 23.7 Å². The Kier molecular flexibility index (Phi) is 24.1. The van der Waals surface area contributed by atoms with Crippen LogP contribution in [0.1, 0.15) is 98.7 Å². The number of carbonyl (C=O) groups is 2. The van der Waals surface area contributed by atoms with E-state index < -0.39 is 20.0 Å². The number of halogens is 4. The molecule has 0 unspecified atom stereocenters. The number of nitrogens with zero attached hydrogens (tertiary/aromatic N) is 2. The van der Waals surface area contributed by atoms with Gasteiger partial charge >= 0.3 is 12.1 Å². The molecule has 0 spiro atoms. The lowest BCUT2D eigenvalue weighted by molar-refractivity contribution is -0.0228. The second-order valence-electron chi connectivity index (χ2n) is 23.5. The van der Waals surface area contributed by atoms with Gasteiger partial charge in [0.15, 0.2) is 0 Å². The van der Waals surface area contributed by atoms with Crippen LogP contribution in [0.3, 0.4) is 0 Å². The number of carbonyl (C=O) groups excluding carboxylic acids is 2. The summed E-state index contributed by atoms with van der Waals surface area (Å²) < 4.78 is 93.0. The molecular formula is C62H82Cl4N8O12S2. The Morgan fingerprint density at radius 2 is 0.807 bits per heavy atom. The van der Waals surface area contributed by atoms with Crippen LogP contribution in [0.25, 0.3) is 0 Å². The zero-order valence-electron chi connectivity index (χ0n) is 49.5. The molecule has 4 heterocycles. The smallest absolute Gasteiger partial charge is 0.314 e.